The summed E-state index contributed by atoms with van der Waals surface area (Å²) in [5.41, 5.74) is 3.00. The normalized spacial score (nSPS) is 42.8. The third-order valence-electron chi connectivity index (χ3n) is 5.59. The topological polar surface area (TPSA) is 81.4 Å². The SMILES string of the molecule is CS(=O)(=O)C1CCCC(C(NN)C2CC3CCC2O3)C1. The van der Waals surface area contributed by atoms with Crippen LogP contribution in [0.3, 0.4) is 0 Å². The van der Waals surface area contributed by atoms with Gasteiger partial charge in [0.1, 0.15) is 9.84 Å². The summed E-state index contributed by atoms with van der Waals surface area (Å²) in [5.74, 6) is 6.64. The summed E-state index contributed by atoms with van der Waals surface area (Å²) >= 11 is 0. The van der Waals surface area contributed by atoms with Gasteiger partial charge in [-0.2, -0.15) is 0 Å². The molecular weight excluding hydrogens is 276 g/mol. The summed E-state index contributed by atoms with van der Waals surface area (Å²) in [6.45, 7) is 0. The molecular formula is C14H26N2O3S. The average Bonchev–Trinajstić information content (AvgIpc) is 3.02. The number of fused-ring (bicyclic) bond motifs is 2. The smallest absolute Gasteiger partial charge is 0.150 e. The molecule has 3 rings (SSSR count). The molecule has 1 aliphatic carbocycles. The summed E-state index contributed by atoms with van der Waals surface area (Å²) in [5, 5.41) is -0.184. The quantitative estimate of drug-likeness (QED) is 0.598. The van der Waals surface area contributed by atoms with Crippen LogP contribution in [-0.2, 0) is 14.6 Å². The molecule has 6 atom stereocenters. The lowest BCUT2D eigenvalue weighted by Gasteiger charge is -2.38. The minimum atomic E-state index is -2.93. The zero-order valence-electron chi connectivity index (χ0n) is 12.1. The first kappa shape index (κ1) is 14.8. The van der Waals surface area contributed by atoms with Crippen LogP contribution in [0.2, 0.25) is 0 Å². The Kier molecular flexibility index (Phi) is 4.10. The van der Waals surface area contributed by atoms with Crippen LogP contribution in [0.5, 0.6) is 0 Å². The van der Waals surface area contributed by atoms with Crippen LogP contribution in [0, 0.1) is 11.8 Å². The summed E-state index contributed by atoms with van der Waals surface area (Å²) in [7, 11) is -2.93. The van der Waals surface area contributed by atoms with Crippen molar-refractivity contribution in [3.8, 4) is 0 Å². The number of ether oxygens (including phenoxy) is 1. The first-order valence-electron chi connectivity index (χ1n) is 7.79. The van der Waals surface area contributed by atoms with Crippen molar-refractivity contribution < 1.29 is 13.2 Å². The molecule has 1 saturated carbocycles. The Labute approximate surface area is 121 Å². The number of sulfone groups is 1. The molecule has 2 aliphatic heterocycles. The van der Waals surface area contributed by atoms with Crippen LogP contribution in [0.25, 0.3) is 0 Å². The van der Waals surface area contributed by atoms with Crippen molar-refractivity contribution in [1.82, 2.24) is 5.43 Å². The maximum Gasteiger partial charge on any atom is 0.150 e. The molecule has 116 valence electrons. The fourth-order valence-electron chi connectivity index (χ4n) is 4.56. The number of hydrogen-bond acceptors (Lipinski definition) is 5. The molecule has 6 heteroatoms. The zero-order chi connectivity index (χ0) is 14.3. The van der Waals surface area contributed by atoms with E-state index in [4.69, 9.17) is 10.6 Å². The molecule has 2 saturated heterocycles. The van der Waals surface area contributed by atoms with Gasteiger partial charge in [0.15, 0.2) is 0 Å². The maximum atomic E-state index is 11.8. The van der Waals surface area contributed by atoms with E-state index in [1.165, 1.54) is 12.7 Å². The fourth-order valence-corrected chi connectivity index (χ4v) is 5.75. The van der Waals surface area contributed by atoms with Crippen molar-refractivity contribution >= 4 is 9.84 Å². The van der Waals surface area contributed by atoms with Gasteiger partial charge < -0.3 is 4.74 Å². The van der Waals surface area contributed by atoms with Crippen molar-refractivity contribution in [2.45, 2.75) is 68.4 Å². The van der Waals surface area contributed by atoms with Gasteiger partial charge in [0.05, 0.1) is 17.5 Å². The lowest BCUT2D eigenvalue weighted by Crippen LogP contribution is -2.51. The molecule has 0 aromatic heterocycles. The molecule has 0 aromatic carbocycles. The number of rotatable bonds is 4. The Morgan fingerprint density at radius 2 is 2.00 bits per heavy atom. The number of nitrogens with two attached hydrogens (primary N) is 1. The lowest BCUT2D eigenvalue weighted by molar-refractivity contribution is 0.0758. The van der Waals surface area contributed by atoms with Crippen LogP contribution in [0.15, 0.2) is 0 Å². The number of nitrogens with one attached hydrogen (secondary N) is 1. The molecule has 0 radical (unpaired) electrons. The highest BCUT2D eigenvalue weighted by Crippen LogP contribution is 2.44. The molecule has 3 N–H and O–H groups in total. The second kappa shape index (κ2) is 5.55. The molecule has 0 amide bonds. The van der Waals surface area contributed by atoms with E-state index >= 15 is 0 Å². The van der Waals surface area contributed by atoms with Crippen LogP contribution < -0.4 is 11.3 Å². The predicted molar refractivity (Wildman–Crippen MR) is 77.7 cm³/mol. The van der Waals surface area contributed by atoms with Crippen LogP contribution in [-0.4, -0.2) is 38.2 Å². The van der Waals surface area contributed by atoms with Gasteiger partial charge in [-0.25, -0.2) is 8.42 Å². The van der Waals surface area contributed by atoms with Gasteiger partial charge in [-0.3, -0.25) is 11.3 Å². The van der Waals surface area contributed by atoms with Gasteiger partial charge >= 0.3 is 0 Å². The molecule has 2 bridgehead atoms. The average molecular weight is 302 g/mol. The van der Waals surface area contributed by atoms with Gasteiger partial charge in [0.25, 0.3) is 0 Å². The van der Waals surface area contributed by atoms with Crippen molar-refractivity contribution in [3.63, 3.8) is 0 Å². The largest absolute Gasteiger partial charge is 0.375 e. The van der Waals surface area contributed by atoms with Gasteiger partial charge in [-0.1, -0.05) is 6.42 Å². The monoisotopic (exact) mass is 302 g/mol. The Morgan fingerprint density at radius 3 is 2.55 bits per heavy atom. The van der Waals surface area contributed by atoms with E-state index in [2.05, 4.69) is 5.43 Å². The summed E-state index contributed by atoms with van der Waals surface area (Å²) in [6.07, 6.45) is 9.13. The van der Waals surface area contributed by atoms with Crippen molar-refractivity contribution in [2.24, 2.45) is 17.7 Å². The highest BCUT2D eigenvalue weighted by molar-refractivity contribution is 7.91. The van der Waals surface area contributed by atoms with Crippen molar-refractivity contribution in [3.05, 3.63) is 0 Å². The zero-order valence-corrected chi connectivity index (χ0v) is 12.9. The van der Waals surface area contributed by atoms with Crippen molar-refractivity contribution in [1.29, 1.82) is 0 Å². The molecule has 0 aromatic rings. The van der Waals surface area contributed by atoms with Gasteiger partial charge in [0, 0.05) is 18.2 Å². The third-order valence-corrected chi connectivity index (χ3v) is 7.23. The van der Waals surface area contributed by atoms with Crippen LogP contribution >= 0.6 is 0 Å². The van der Waals surface area contributed by atoms with Crippen LogP contribution in [0.4, 0.5) is 0 Å². The maximum absolute atomic E-state index is 11.8. The minimum absolute atomic E-state index is 0.184. The van der Waals surface area contributed by atoms with Crippen molar-refractivity contribution in [2.75, 3.05) is 6.26 Å². The Hall–Kier alpha value is -0.170. The molecule has 6 unspecified atom stereocenters. The van der Waals surface area contributed by atoms with E-state index in [9.17, 15) is 8.42 Å². The molecule has 3 fully saturated rings. The molecule has 0 spiro atoms. The van der Waals surface area contributed by atoms with E-state index in [1.807, 2.05) is 0 Å². The number of hydrazine groups is 1. The highest BCUT2D eigenvalue weighted by Gasteiger charge is 2.47. The Balaban J connectivity index is 1.70. The number of hydrogen-bond donors (Lipinski definition) is 2. The van der Waals surface area contributed by atoms with Gasteiger partial charge in [0.2, 0.25) is 0 Å². The molecule has 20 heavy (non-hydrogen) atoms. The minimum Gasteiger partial charge on any atom is -0.375 e. The Morgan fingerprint density at radius 1 is 1.20 bits per heavy atom. The van der Waals surface area contributed by atoms with Gasteiger partial charge in [-0.15, -0.1) is 0 Å². The first-order valence-corrected chi connectivity index (χ1v) is 9.75. The van der Waals surface area contributed by atoms with Crippen LogP contribution in [0.1, 0.15) is 44.9 Å². The van der Waals surface area contributed by atoms with E-state index in [1.54, 1.807) is 0 Å². The fraction of sp³-hybridized carbons (Fsp3) is 1.00. The lowest BCUT2D eigenvalue weighted by atomic mass is 9.74. The molecule has 5 nitrogen and oxygen atoms in total. The second-order valence-corrected chi connectivity index (χ2v) is 9.17. The van der Waals surface area contributed by atoms with E-state index in [0.29, 0.717) is 24.0 Å². The first-order chi connectivity index (χ1) is 9.49. The van der Waals surface area contributed by atoms with Gasteiger partial charge in [-0.05, 0) is 44.4 Å². The second-order valence-electron chi connectivity index (χ2n) is 6.84. The third kappa shape index (κ3) is 2.75. The summed E-state index contributed by atoms with van der Waals surface area (Å²) in [6, 6.07) is 0.204. The summed E-state index contributed by atoms with van der Waals surface area (Å²) in [4.78, 5) is 0. The standard InChI is InChI=1S/C14H26N2O3S/c1-20(17,18)11-4-2-3-9(7-11)14(16-15)12-8-10-5-6-13(12)19-10/h9-14,16H,2-8,15H2,1H3. The molecule has 2 heterocycles. The van der Waals surface area contributed by atoms with E-state index in [-0.39, 0.29) is 11.3 Å². The van der Waals surface area contributed by atoms with E-state index < -0.39 is 9.84 Å². The molecule has 3 aliphatic rings. The predicted octanol–water partition coefficient (Wildman–Crippen LogP) is 0.989. The highest BCUT2D eigenvalue weighted by atomic mass is 32.2. The van der Waals surface area contributed by atoms with E-state index in [0.717, 1.165) is 38.5 Å². The Bertz CT molecular complexity index is 453. The summed E-state index contributed by atoms with van der Waals surface area (Å²) < 4.78 is 29.6.